The summed E-state index contributed by atoms with van der Waals surface area (Å²) in [5.41, 5.74) is 2.11. The molecule has 0 aliphatic rings. The van der Waals surface area contributed by atoms with E-state index >= 15 is 0 Å². The van der Waals surface area contributed by atoms with Gasteiger partial charge in [-0.25, -0.2) is 0 Å². The van der Waals surface area contributed by atoms with Gasteiger partial charge in [0.25, 0.3) is 5.91 Å². The number of aromatic amines is 1. The first-order chi connectivity index (χ1) is 9.63. The third-order valence-electron chi connectivity index (χ3n) is 2.99. The highest BCUT2D eigenvalue weighted by molar-refractivity contribution is 6.42. The van der Waals surface area contributed by atoms with E-state index in [1.165, 1.54) is 0 Å². The second kappa shape index (κ2) is 5.19. The molecule has 0 aliphatic heterocycles. The summed E-state index contributed by atoms with van der Waals surface area (Å²) in [5.74, 6) is -0.195. The minimum absolute atomic E-state index is 0.195. The van der Waals surface area contributed by atoms with E-state index in [9.17, 15) is 4.79 Å². The summed E-state index contributed by atoms with van der Waals surface area (Å²) >= 11 is 11.8. The van der Waals surface area contributed by atoms with Crippen LogP contribution in [0.1, 0.15) is 10.4 Å². The standard InChI is InChI=1S/C15H10Cl2N2O/c16-12-4-3-11(8-13(12)17)19-15(20)10-2-1-9-5-6-18-14(9)7-10/h1-8,18H,(H,19,20). The van der Waals surface area contributed by atoms with E-state index in [4.69, 9.17) is 23.2 Å². The van der Waals surface area contributed by atoms with Crippen molar-refractivity contribution in [1.29, 1.82) is 0 Å². The van der Waals surface area contributed by atoms with Crippen LogP contribution in [-0.4, -0.2) is 10.9 Å². The van der Waals surface area contributed by atoms with Crippen molar-refractivity contribution in [2.24, 2.45) is 0 Å². The molecule has 0 aliphatic carbocycles. The number of fused-ring (bicyclic) bond motifs is 1. The average Bonchev–Trinajstić information content (AvgIpc) is 2.90. The number of halogens is 2. The minimum atomic E-state index is -0.195. The molecule has 0 fully saturated rings. The molecule has 3 nitrogen and oxygen atoms in total. The number of hydrogen-bond acceptors (Lipinski definition) is 1. The SMILES string of the molecule is O=C(Nc1ccc(Cl)c(Cl)c1)c1ccc2cc[nH]c2c1. The van der Waals surface area contributed by atoms with Gasteiger partial charge in [-0.15, -0.1) is 0 Å². The summed E-state index contributed by atoms with van der Waals surface area (Å²) < 4.78 is 0. The van der Waals surface area contributed by atoms with Crippen LogP contribution in [0.3, 0.4) is 0 Å². The molecular weight excluding hydrogens is 295 g/mol. The van der Waals surface area contributed by atoms with E-state index in [0.29, 0.717) is 21.3 Å². The Morgan fingerprint density at radius 1 is 1.00 bits per heavy atom. The van der Waals surface area contributed by atoms with Crippen molar-refractivity contribution in [3.63, 3.8) is 0 Å². The van der Waals surface area contributed by atoms with Crippen LogP contribution in [0.2, 0.25) is 10.0 Å². The number of hydrogen-bond donors (Lipinski definition) is 2. The highest BCUT2D eigenvalue weighted by Gasteiger charge is 2.08. The fourth-order valence-electron chi connectivity index (χ4n) is 1.97. The first-order valence-electron chi connectivity index (χ1n) is 5.97. The normalized spacial score (nSPS) is 10.7. The molecule has 0 saturated heterocycles. The van der Waals surface area contributed by atoms with Crippen molar-refractivity contribution in [3.8, 4) is 0 Å². The molecule has 1 heterocycles. The molecule has 0 saturated carbocycles. The van der Waals surface area contributed by atoms with Gasteiger partial charge in [0.1, 0.15) is 0 Å². The Bertz CT molecular complexity index is 795. The second-order valence-electron chi connectivity index (χ2n) is 4.36. The third-order valence-corrected chi connectivity index (χ3v) is 3.73. The lowest BCUT2D eigenvalue weighted by Gasteiger charge is -2.06. The van der Waals surface area contributed by atoms with Crippen LogP contribution in [0.15, 0.2) is 48.7 Å². The van der Waals surface area contributed by atoms with Crippen molar-refractivity contribution < 1.29 is 4.79 Å². The minimum Gasteiger partial charge on any atom is -0.361 e. The van der Waals surface area contributed by atoms with E-state index in [-0.39, 0.29) is 5.91 Å². The van der Waals surface area contributed by atoms with Gasteiger partial charge in [0.05, 0.1) is 10.0 Å². The molecule has 0 spiro atoms. The zero-order chi connectivity index (χ0) is 14.1. The van der Waals surface area contributed by atoms with Crippen LogP contribution >= 0.6 is 23.2 Å². The number of anilines is 1. The fraction of sp³-hybridized carbons (Fsp3) is 0. The van der Waals surface area contributed by atoms with Crippen LogP contribution in [0, 0.1) is 0 Å². The largest absolute Gasteiger partial charge is 0.361 e. The van der Waals surface area contributed by atoms with E-state index in [1.54, 1.807) is 24.3 Å². The number of nitrogens with one attached hydrogen (secondary N) is 2. The molecule has 3 rings (SSSR count). The van der Waals surface area contributed by atoms with Crippen LogP contribution in [0.4, 0.5) is 5.69 Å². The Hall–Kier alpha value is -1.97. The van der Waals surface area contributed by atoms with Gasteiger partial charge in [-0.05, 0) is 41.8 Å². The molecule has 0 bridgehead atoms. The average molecular weight is 305 g/mol. The van der Waals surface area contributed by atoms with Gasteiger partial charge >= 0.3 is 0 Å². The fourth-order valence-corrected chi connectivity index (χ4v) is 2.26. The smallest absolute Gasteiger partial charge is 0.255 e. The lowest BCUT2D eigenvalue weighted by atomic mass is 10.1. The summed E-state index contributed by atoms with van der Waals surface area (Å²) in [6.07, 6.45) is 1.84. The number of benzene rings is 2. The van der Waals surface area contributed by atoms with Crippen LogP contribution in [0.25, 0.3) is 10.9 Å². The Balaban J connectivity index is 1.86. The molecule has 0 radical (unpaired) electrons. The monoisotopic (exact) mass is 304 g/mol. The molecule has 0 unspecified atom stereocenters. The number of carbonyl (C=O) groups excluding carboxylic acids is 1. The van der Waals surface area contributed by atoms with Crippen molar-refractivity contribution in [3.05, 3.63) is 64.3 Å². The summed E-state index contributed by atoms with van der Waals surface area (Å²) in [7, 11) is 0. The Morgan fingerprint density at radius 3 is 2.65 bits per heavy atom. The van der Waals surface area contributed by atoms with Gasteiger partial charge in [0.15, 0.2) is 0 Å². The van der Waals surface area contributed by atoms with Gasteiger partial charge in [-0.2, -0.15) is 0 Å². The van der Waals surface area contributed by atoms with E-state index in [0.717, 1.165) is 10.9 Å². The van der Waals surface area contributed by atoms with E-state index in [2.05, 4.69) is 10.3 Å². The molecular formula is C15H10Cl2N2O. The van der Waals surface area contributed by atoms with E-state index in [1.807, 2.05) is 24.4 Å². The molecule has 0 atom stereocenters. The maximum atomic E-state index is 12.2. The summed E-state index contributed by atoms with van der Waals surface area (Å²) in [6.45, 7) is 0. The van der Waals surface area contributed by atoms with Crippen molar-refractivity contribution in [2.45, 2.75) is 0 Å². The first kappa shape index (κ1) is 13.0. The van der Waals surface area contributed by atoms with Crippen molar-refractivity contribution >= 4 is 45.7 Å². The van der Waals surface area contributed by atoms with Gasteiger partial charge in [0, 0.05) is 23.0 Å². The Labute approximate surface area is 125 Å². The van der Waals surface area contributed by atoms with Crippen LogP contribution in [0.5, 0.6) is 0 Å². The Morgan fingerprint density at radius 2 is 1.85 bits per heavy atom. The topological polar surface area (TPSA) is 44.9 Å². The maximum Gasteiger partial charge on any atom is 0.255 e. The number of carbonyl (C=O) groups is 1. The highest BCUT2D eigenvalue weighted by atomic mass is 35.5. The number of amides is 1. The van der Waals surface area contributed by atoms with E-state index < -0.39 is 0 Å². The zero-order valence-electron chi connectivity index (χ0n) is 10.3. The van der Waals surface area contributed by atoms with Gasteiger partial charge in [-0.3, -0.25) is 4.79 Å². The molecule has 20 heavy (non-hydrogen) atoms. The van der Waals surface area contributed by atoms with Gasteiger partial charge in [0.2, 0.25) is 0 Å². The third kappa shape index (κ3) is 2.50. The molecule has 5 heteroatoms. The predicted octanol–water partition coefficient (Wildman–Crippen LogP) is 4.73. The molecule has 1 amide bonds. The number of H-pyrrole nitrogens is 1. The van der Waals surface area contributed by atoms with Crippen molar-refractivity contribution in [1.82, 2.24) is 4.98 Å². The molecule has 3 aromatic rings. The quantitative estimate of drug-likeness (QED) is 0.706. The molecule has 1 aromatic heterocycles. The molecule has 100 valence electrons. The number of aromatic nitrogens is 1. The van der Waals surface area contributed by atoms with Crippen LogP contribution < -0.4 is 5.32 Å². The van der Waals surface area contributed by atoms with Crippen molar-refractivity contribution in [2.75, 3.05) is 5.32 Å². The summed E-state index contributed by atoms with van der Waals surface area (Å²) in [4.78, 5) is 15.3. The lowest BCUT2D eigenvalue weighted by Crippen LogP contribution is -2.11. The second-order valence-corrected chi connectivity index (χ2v) is 5.18. The first-order valence-corrected chi connectivity index (χ1v) is 6.72. The maximum absolute atomic E-state index is 12.2. The number of rotatable bonds is 2. The van der Waals surface area contributed by atoms with Crippen LogP contribution in [-0.2, 0) is 0 Å². The molecule has 2 N–H and O–H groups in total. The summed E-state index contributed by atoms with van der Waals surface area (Å²) in [6, 6.07) is 12.4. The van der Waals surface area contributed by atoms with Gasteiger partial charge in [-0.1, -0.05) is 29.3 Å². The zero-order valence-corrected chi connectivity index (χ0v) is 11.8. The lowest BCUT2D eigenvalue weighted by molar-refractivity contribution is 0.102. The van der Waals surface area contributed by atoms with Gasteiger partial charge < -0.3 is 10.3 Å². The predicted molar refractivity (Wildman–Crippen MR) is 82.7 cm³/mol. The molecule has 2 aromatic carbocycles. The highest BCUT2D eigenvalue weighted by Crippen LogP contribution is 2.25. The Kier molecular flexibility index (Phi) is 3.38. The summed E-state index contributed by atoms with van der Waals surface area (Å²) in [5, 5.41) is 4.72.